The molecule has 2 aromatic rings. The van der Waals surface area contributed by atoms with Gasteiger partial charge in [-0.3, -0.25) is 0 Å². The summed E-state index contributed by atoms with van der Waals surface area (Å²) >= 11 is 0. The second-order valence-electron chi connectivity index (χ2n) is 4.26. The molecule has 0 saturated carbocycles. The molecule has 0 fully saturated rings. The molecule has 1 N–H and O–H groups in total. The van der Waals surface area contributed by atoms with Gasteiger partial charge in [0.05, 0.1) is 23.6 Å². The van der Waals surface area contributed by atoms with Crippen molar-refractivity contribution in [3.8, 4) is 5.69 Å². The van der Waals surface area contributed by atoms with Crippen molar-refractivity contribution in [3.05, 3.63) is 41.2 Å². The number of aliphatic hydroxyl groups excluding tert-OH is 1. The summed E-state index contributed by atoms with van der Waals surface area (Å²) in [6.45, 7) is 2.90. The first-order valence-corrected chi connectivity index (χ1v) is 5.57. The summed E-state index contributed by atoms with van der Waals surface area (Å²) in [6, 6.07) is 3.91. The lowest BCUT2D eigenvalue weighted by atomic mass is 10.1. The van der Waals surface area contributed by atoms with Crippen molar-refractivity contribution in [1.82, 2.24) is 15.0 Å². The largest absolute Gasteiger partial charge is 0.416 e. The minimum atomic E-state index is -4.41. The molecule has 1 heterocycles. The summed E-state index contributed by atoms with van der Waals surface area (Å²) in [6.07, 6.45) is -3.83. The van der Waals surface area contributed by atoms with Crippen LogP contribution in [0.3, 0.4) is 0 Å². The summed E-state index contributed by atoms with van der Waals surface area (Å²) in [7, 11) is 0. The molecule has 0 aliphatic carbocycles. The number of hydrogen-bond donors (Lipinski definition) is 1. The van der Waals surface area contributed by atoms with Crippen LogP contribution in [-0.2, 0) is 6.18 Å². The van der Waals surface area contributed by atoms with Gasteiger partial charge in [0.1, 0.15) is 5.69 Å². The van der Waals surface area contributed by atoms with Crippen LogP contribution in [0, 0.1) is 6.92 Å². The fourth-order valence-corrected chi connectivity index (χ4v) is 1.65. The number of halogens is 3. The summed E-state index contributed by atoms with van der Waals surface area (Å²) in [5.74, 6) is 0. The molecule has 2 rings (SSSR count). The van der Waals surface area contributed by atoms with Crippen LogP contribution < -0.4 is 0 Å². The van der Waals surface area contributed by atoms with Crippen molar-refractivity contribution < 1.29 is 18.3 Å². The first kappa shape index (κ1) is 13.5. The average molecular weight is 271 g/mol. The predicted octanol–water partition coefficient (Wildman–Crippen LogP) is 2.65. The third-order valence-electron chi connectivity index (χ3n) is 2.73. The molecule has 4 nitrogen and oxygen atoms in total. The van der Waals surface area contributed by atoms with Crippen LogP contribution in [0.4, 0.5) is 13.2 Å². The number of benzene rings is 1. The summed E-state index contributed by atoms with van der Waals surface area (Å²) in [5.41, 5.74) is -0.0160. The molecule has 0 saturated heterocycles. The zero-order chi connectivity index (χ0) is 14.2. The summed E-state index contributed by atoms with van der Waals surface area (Å²) in [4.78, 5) is 0. The van der Waals surface area contributed by atoms with E-state index >= 15 is 0 Å². The summed E-state index contributed by atoms with van der Waals surface area (Å²) < 4.78 is 39.6. The number of aromatic nitrogens is 3. The van der Waals surface area contributed by atoms with E-state index in [4.69, 9.17) is 0 Å². The van der Waals surface area contributed by atoms with Crippen molar-refractivity contribution in [3.63, 3.8) is 0 Å². The zero-order valence-corrected chi connectivity index (χ0v) is 10.3. The van der Waals surface area contributed by atoms with Gasteiger partial charge in [-0.05, 0) is 31.5 Å². The van der Waals surface area contributed by atoms with Crippen LogP contribution in [0.5, 0.6) is 0 Å². The van der Waals surface area contributed by atoms with Gasteiger partial charge in [-0.2, -0.15) is 13.2 Å². The third kappa shape index (κ3) is 2.76. The molecule has 7 heteroatoms. The standard InChI is InChI=1S/C12H12F3N3O/c1-7-3-4-9(5-10(7)12(13,14)15)18-6-11(8(2)19)16-17-18/h3-6,8,19H,1-2H3. The second-order valence-corrected chi connectivity index (χ2v) is 4.26. The van der Waals surface area contributed by atoms with Gasteiger partial charge in [-0.1, -0.05) is 11.3 Å². The lowest BCUT2D eigenvalue weighted by Gasteiger charge is -2.11. The van der Waals surface area contributed by atoms with Crippen molar-refractivity contribution in [2.45, 2.75) is 26.1 Å². The first-order valence-electron chi connectivity index (χ1n) is 5.57. The smallest absolute Gasteiger partial charge is 0.387 e. The molecular formula is C12H12F3N3O. The molecule has 19 heavy (non-hydrogen) atoms. The number of nitrogens with zero attached hydrogens (tertiary/aromatic N) is 3. The van der Waals surface area contributed by atoms with Crippen LogP contribution in [0.2, 0.25) is 0 Å². The Hall–Kier alpha value is -1.89. The summed E-state index contributed by atoms with van der Waals surface area (Å²) in [5, 5.41) is 16.7. The molecule has 1 unspecified atom stereocenters. The zero-order valence-electron chi connectivity index (χ0n) is 10.3. The van der Waals surface area contributed by atoms with Gasteiger partial charge in [-0.25, -0.2) is 4.68 Å². The monoisotopic (exact) mass is 271 g/mol. The highest BCUT2D eigenvalue weighted by Gasteiger charge is 2.32. The van der Waals surface area contributed by atoms with Crippen molar-refractivity contribution in [2.24, 2.45) is 0 Å². The van der Waals surface area contributed by atoms with Gasteiger partial charge < -0.3 is 5.11 Å². The molecule has 1 aromatic carbocycles. The number of hydrogen-bond acceptors (Lipinski definition) is 3. The Labute approximate surface area is 107 Å². The Morgan fingerprint density at radius 1 is 1.32 bits per heavy atom. The SMILES string of the molecule is Cc1ccc(-n2cc(C(C)O)nn2)cc1C(F)(F)F. The van der Waals surface area contributed by atoms with Gasteiger partial charge >= 0.3 is 6.18 Å². The van der Waals surface area contributed by atoms with Crippen molar-refractivity contribution in [1.29, 1.82) is 0 Å². The Kier molecular flexibility index (Phi) is 3.32. The minimum Gasteiger partial charge on any atom is -0.387 e. The maximum atomic E-state index is 12.8. The topological polar surface area (TPSA) is 50.9 Å². The number of rotatable bonds is 2. The van der Waals surface area contributed by atoms with Gasteiger partial charge in [0.15, 0.2) is 0 Å². The van der Waals surface area contributed by atoms with E-state index in [9.17, 15) is 18.3 Å². The van der Waals surface area contributed by atoms with Crippen LogP contribution in [0.1, 0.15) is 29.8 Å². The van der Waals surface area contributed by atoms with E-state index < -0.39 is 17.8 Å². The van der Waals surface area contributed by atoms with Gasteiger partial charge in [0, 0.05) is 0 Å². The highest BCUT2D eigenvalue weighted by atomic mass is 19.4. The van der Waals surface area contributed by atoms with E-state index in [2.05, 4.69) is 10.3 Å². The molecule has 0 spiro atoms. The fraction of sp³-hybridized carbons (Fsp3) is 0.333. The van der Waals surface area contributed by atoms with E-state index in [0.717, 1.165) is 6.07 Å². The molecule has 1 aromatic heterocycles. The molecule has 0 bridgehead atoms. The van der Waals surface area contributed by atoms with Gasteiger partial charge in [0.2, 0.25) is 0 Å². The third-order valence-corrected chi connectivity index (χ3v) is 2.73. The Morgan fingerprint density at radius 2 is 2.00 bits per heavy atom. The Bertz CT molecular complexity index is 590. The molecule has 0 radical (unpaired) electrons. The Morgan fingerprint density at radius 3 is 2.53 bits per heavy atom. The van der Waals surface area contributed by atoms with Crippen molar-refractivity contribution in [2.75, 3.05) is 0 Å². The van der Waals surface area contributed by atoms with E-state index in [1.807, 2.05) is 0 Å². The van der Waals surface area contributed by atoms with Crippen LogP contribution in [0.15, 0.2) is 24.4 Å². The highest BCUT2D eigenvalue weighted by molar-refractivity contribution is 5.41. The number of aryl methyl sites for hydroxylation is 1. The lowest BCUT2D eigenvalue weighted by molar-refractivity contribution is -0.138. The second kappa shape index (κ2) is 4.65. The number of aliphatic hydroxyl groups is 1. The van der Waals surface area contributed by atoms with E-state index in [0.29, 0.717) is 5.69 Å². The molecule has 102 valence electrons. The quantitative estimate of drug-likeness (QED) is 0.913. The predicted molar refractivity (Wildman–Crippen MR) is 61.7 cm³/mol. The molecule has 0 aliphatic heterocycles. The van der Waals surface area contributed by atoms with E-state index in [-0.39, 0.29) is 11.3 Å². The molecule has 0 amide bonds. The van der Waals surface area contributed by atoms with Gasteiger partial charge in [0.25, 0.3) is 0 Å². The Balaban J connectivity index is 2.45. The van der Waals surface area contributed by atoms with Gasteiger partial charge in [-0.15, -0.1) is 5.10 Å². The van der Waals surface area contributed by atoms with E-state index in [1.54, 1.807) is 0 Å². The number of alkyl halides is 3. The average Bonchev–Trinajstić information content (AvgIpc) is 2.77. The van der Waals surface area contributed by atoms with E-state index in [1.165, 1.54) is 36.9 Å². The lowest BCUT2D eigenvalue weighted by Crippen LogP contribution is -2.09. The minimum absolute atomic E-state index is 0.145. The molecule has 1 atom stereocenters. The maximum Gasteiger partial charge on any atom is 0.416 e. The fourth-order valence-electron chi connectivity index (χ4n) is 1.65. The normalized spacial score (nSPS) is 13.6. The van der Waals surface area contributed by atoms with Crippen LogP contribution in [-0.4, -0.2) is 20.1 Å². The maximum absolute atomic E-state index is 12.8. The van der Waals surface area contributed by atoms with Crippen LogP contribution >= 0.6 is 0 Å². The van der Waals surface area contributed by atoms with Crippen molar-refractivity contribution >= 4 is 0 Å². The highest BCUT2D eigenvalue weighted by Crippen LogP contribution is 2.33. The molecule has 0 aliphatic rings. The first-order chi connectivity index (χ1) is 8.79. The van der Waals surface area contributed by atoms with Crippen LogP contribution in [0.25, 0.3) is 5.69 Å². The molecular weight excluding hydrogens is 259 g/mol.